The smallest absolute Gasteiger partial charge is 0.320 e. The van der Waals surface area contributed by atoms with Crippen LogP contribution in [0.1, 0.15) is 25.6 Å². The van der Waals surface area contributed by atoms with Crippen molar-refractivity contribution in [2.24, 2.45) is 0 Å². The van der Waals surface area contributed by atoms with E-state index >= 15 is 0 Å². The molecule has 0 unspecified atom stereocenters. The van der Waals surface area contributed by atoms with E-state index in [1.54, 1.807) is 27.0 Å². The fraction of sp³-hybridized carbons (Fsp3) is 0.308. The van der Waals surface area contributed by atoms with E-state index in [1.165, 1.54) is 17.5 Å². The summed E-state index contributed by atoms with van der Waals surface area (Å²) < 4.78 is 5.12. The van der Waals surface area contributed by atoms with E-state index in [0.717, 1.165) is 5.01 Å². The molecule has 0 saturated carbocycles. The summed E-state index contributed by atoms with van der Waals surface area (Å²) in [6.07, 6.45) is 3.21. The number of aromatic amines is 1. The molecular formula is C13H15N7O2S. The van der Waals surface area contributed by atoms with Crippen molar-refractivity contribution >= 4 is 23.1 Å². The maximum absolute atomic E-state index is 12.3. The summed E-state index contributed by atoms with van der Waals surface area (Å²) in [4.78, 5) is 20.6. The van der Waals surface area contributed by atoms with Crippen LogP contribution in [0.4, 0.5) is 10.5 Å². The molecular weight excluding hydrogens is 318 g/mol. The number of hydrogen-bond acceptors (Lipinski definition) is 7. The van der Waals surface area contributed by atoms with Gasteiger partial charge in [-0.05, 0) is 20.8 Å². The van der Waals surface area contributed by atoms with Gasteiger partial charge in [0.1, 0.15) is 16.2 Å². The number of hydrogen-bond donors (Lipinski definition) is 3. The molecule has 120 valence electrons. The molecule has 3 heterocycles. The van der Waals surface area contributed by atoms with Crippen LogP contribution in [0.2, 0.25) is 0 Å². The van der Waals surface area contributed by atoms with Gasteiger partial charge in [-0.3, -0.25) is 5.10 Å². The lowest BCUT2D eigenvalue weighted by Gasteiger charge is -2.21. The van der Waals surface area contributed by atoms with Gasteiger partial charge < -0.3 is 15.2 Å². The first-order chi connectivity index (χ1) is 11.0. The van der Waals surface area contributed by atoms with Gasteiger partial charge in [0, 0.05) is 11.6 Å². The van der Waals surface area contributed by atoms with Crippen LogP contribution in [0.3, 0.4) is 0 Å². The van der Waals surface area contributed by atoms with Crippen LogP contribution in [-0.4, -0.2) is 31.4 Å². The SMILES string of the molecule is Cc1noc(C(C)(C)NC(=O)Nc2cn[nH]c2-c2nccs2)n1. The largest absolute Gasteiger partial charge is 0.337 e. The van der Waals surface area contributed by atoms with E-state index in [9.17, 15) is 4.79 Å². The number of nitrogens with one attached hydrogen (secondary N) is 3. The lowest BCUT2D eigenvalue weighted by Crippen LogP contribution is -2.43. The van der Waals surface area contributed by atoms with Gasteiger partial charge in [0.2, 0.25) is 0 Å². The number of H-pyrrole nitrogens is 1. The monoisotopic (exact) mass is 333 g/mol. The minimum Gasteiger partial charge on any atom is -0.337 e. The highest BCUT2D eigenvalue weighted by Gasteiger charge is 2.29. The van der Waals surface area contributed by atoms with Crippen LogP contribution in [0.15, 0.2) is 22.3 Å². The molecule has 3 aromatic rings. The number of aromatic nitrogens is 5. The fourth-order valence-electron chi connectivity index (χ4n) is 1.93. The Morgan fingerprint density at radius 3 is 2.91 bits per heavy atom. The van der Waals surface area contributed by atoms with Crippen LogP contribution in [-0.2, 0) is 5.54 Å². The number of urea groups is 1. The topological polar surface area (TPSA) is 122 Å². The minimum atomic E-state index is -0.809. The lowest BCUT2D eigenvalue weighted by atomic mass is 10.1. The zero-order valence-electron chi connectivity index (χ0n) is 12.7. The summed E-state index contributed by atoms with van der Waals surface area (Å²) in [5.41, 5.74) is 0.382. The van der Waals surface area contributed by atoms with E-state index in [0.29, 0.717) is 23.1 Å². The molecule has 3 aromatic heterocycles. The quantitative estimate of drug-likeness (QED) is 0.673. The fourth-order valence-corrected chi connectivity index (χ4v) is 2.58. The molecule has 3 rings (SSSR count). The molecule has 9 nitrogen and oxygen atoms in total. The average Bonchev–Trinajstić information content (AvgIpc) is 3.17. The number of carbonyl (C=O) groups excluding carboxylic acids is 1. The normalized spacial score (nSPS) is 11.4. The standard InChI is InChI=1S/C13H15N7O2S/c1-7-16-11(22-20-7)13(2,3)18-12(21)17-8-6-15-19-9(8)10-14-4-5-23-10/h4-6H,1-3H3,(H,15,19)(H2,17,18,21). The van der Waals surface area contributed by atoms with Crippen molar-refractivity contribution < 1.29 is 9.32 Å². The van der Waals surface area contributed by atoms with Crippen molar-refractivity contribution in [1.29, 1.82) is 0 Å². The Hall–Kier alpha value is -2.75. The summed E-state index contributed by atoms with van der Waals surface area (Å²) >= 11 is 1.45. The molecule has 10 heteroatoms. The average molecular weight is 333 g/mol. The Morgan fingerprint density at radius 1 is 1.43 bits per heavy atom. The Labute approximate surface area is 135 Å². The molecule has 2 amide bonds. The summed E-state index contributed by atoms with van der Waals surface area (Å²) in [6, 6.07) is -0.412. The second-order valence-corrected chi connectivity index (χ2v) is 6.24. The second-order valence-electron chi connectivity index (χ2n) is 5.35. The van der Waals surface area contributed by atoms with Crippen LogP contribution >= 0.6 is 11.3 Å². The van der Waals surface area contributed by atoms with Gasteiger partial charge >= 0.3 is 6.03 Å². The van der Waals surface area contributed by atoms with Crippen molar-refractivity contribution in [1.82, 2.24) is 30.6 Å². The Bertz CT molecular complexity index is 806. The van der Waals surface area contributed by atoms with Crippen molar-refractivity contribution in [3.8, 4) is 10.7 Å². The van der Waals surface area contributed by atoms with Gasteiger partial charge in [-0.25, -0.2) is 9.78 Å². The summed E-state index contributed by atoms with van der Waals surface area (Å²) in [6.45, 7) is 5.27. The third-order valence-corrected chi connectivity index (χ3v) is 3.81. The van der Waals surface area contributed by atoms with Crippen LogP contribution < -0.4 is 10.6 Å². The van der Waals surface area contributed by atoms with Crippen LogP contribution in [0, 0.1) is 6.92 Å². The molecule has 0 saturated heterocycles. The predicted molar refractivity (Wildman–Crippen MR) is 83.9 cm³/mol. The van der Waals surface area contributed by atoms with Crippen LogP contribution in [0.5, 0.6) is 0 Å². The van der Waals surface area contributed by atoms with Crippen molar-refractivity contribution in [3.05, 3.63) is 29.5 Å². The highest BCUT2D eigenvalue weighted by atomic mass is 32.1. The van der Waals surface area contributed by atoms with Crippen molar-refractivity contribution in [3.63, 3.8) is 0 Å². The third kappa shape index (κ3) is 3.21. The maximum atomic E-state index is 12.3. The molecule has 3 N–H and O–H groups in total. The molecule has 0 fully saturated rings. The molecule has 0 aromatic carbocycles. The minimum absolute atomic E-state index is 0.331. The lowest BCUT2D eigenvalue weighted by molar-refractivity contribution is 0.228. The van der Waals surface area contributed by atoms with Gasteiger partial charge in [0.05, 0.1) is 11.9 Å². The van der Waals surface area contributed by atoms with Gasteiger partial charge in [-0.1, -0.05) is 5.16 Å². The van der Waals surface area contributed by atoms with Gasteiger partial charge in [-0.2, -0.15) is 10.1 Å². The first-order valence-corrected chi connectivity index (χ1v) is 7.67. The first-order valence-electron chi connectivity index (χ1n) is 6.79. The first kappa shape index (κ1) is 15.2. The maximum Gasteiger partial charge on any atom is 0.320 e. The molecule has 23 heavy (non-hydrogen) atoms. The molecule has 0 aliphatic heterocycles. The Balaban J connectivity index is 1.72. The zero-order valence-corrected chi connectivity index (χ0v) is 13.6. The predicted octanol–water partition coefficient (Wildman–Crippen LogP) is 2.28. The number of nitrogens with zero attached hydrogens (tertiary/aromatic N) is 4. The summed E-state index contributed by atoms with van der Waals surface area (Å²) in [7, 11) is 0. The zero-order chi connectivity index (χ0) is 16.4. The molecule has 0 radical (unpaired) electrons. The molecule has 0 aliphatic rings. The Kier molecular flexibility index (Phi) is 3.82. The number of anilines is 1. The van der Waals surface area contributed by atoms with E-state index in [-0.39, 0.29) is 0 Å². The van der Waals surface area contributed by atoms with Crippen molar-refractivity contribution in [2.45, 2.75) is 26.3 Å². The Morgan fingerprint density at radius 2 is 2.26 bits per heavy atom. The van der Waals surface area contributed by atoms with Crippen molar-refractivity contribution in [2.75, 3.05) is 5.32 Å². The molecule has 0 spiro atoms. The third-order valence-electron chi connectivity index (χ3n) is 3.02. The number of aryl methyl sites for hydroxylation is 1. The van der Waals surface area contributed by atoms with Gasteiger partial charge in [0.15, 0.2) is 5.82 Å². The molecule has 0 aliphatic carbocycles. The number of carbonyl (C=O) groups is 1. The van der Waals surface area contributed by atoms with Gasteiger partial charge in [-0.15, -0.1) is 11.3 Å². The number of thiazole rings is 1. The summed E-state index contributed by atoms with van der Waals surface area (Å²) in [5.74, 6) is 0.841. The molecule has 0 atom stereocenters. The summed E-state index contributed by atoms with van der Waals surface area (Å²) in [5, 5.41) is 18.6. The molecule has 0 bridgehead atoms. The highest BCUT2D eigenvalue weighted by Crippen LogP contribution is 2.27. The van der Waals surface area contributed by atoms with E-state index in [1.807, 2.05) is 5.38 Å². The number of amides is 2. The highest BCUT2D eigenvalue weighted by molar-refractivity contribution is 7.13. The van der Waals surface area contributed by atoms with Crippen LogP contribution in [0.25, 0.3) is 10.7 Å². The van der Waals surface area contributed by atoms with E-state index < -0.39 is 11.6 Å². The van der Waals surface area contributed by atoms with E-state index in [4.69, 9.17) is 4.52 Å². The van der Waals surface area contributed by atoms with E-state index in [2.05, 4.69) is 36.0 Å². The number of rotatable bonds is 4. The second kappa shape index (κ2) is 5.80. The van der Waals surface area contributed by atoms with Gasteiger partial charge in [0.25, 0.3) is 5.89 Å².